The lowest BCUT2D eigenvalue weighted by molar-refractivity contribution is -0.226. The van der Waals surface area contributed by atoms with E-state index in [0.29, 0.717) is 24.7 Å². The van der Waals surface area contributed by atoms with Gasteiger partial charge in [0.2, 0.25) is 0 Å². The van der Waals surface area contributed by atoms with Crippen LogP contribution in [0.3, 0.4) is 0 Å². The summed E-state index contributed by atoms with van der Waals surface area (Å²) in [5.74, 6) is 0.201. The van der Waals surface area contributed by atoms with Crippen molar-refractivity contribution in [1.82, 2.24) is 0 Å². The van der Waals surface area contributed by atoms with E-state index in [1.54, 1.807) is 0 Å². The Morgan fingerprint density at radius 1 is 0.853 bits per heavy atom. The molecule has 5 unspecified atom stereocenters. The van der Waals surface area contributed by atoms with Gasteiger partial charge in [0.1, 0.15) is 0 Å². The van der Waals surface area contributed by atoms with Crippen LogP contribution in [0.25, 0.3) is 0 Å². The fourth-order valence-electron chi connectivity index (χ4n) is 10.7. The standard InChI is InChI=1S/C30H48O4/c1-25(2)14-15-30(24(33)34)17-23(32)29(7)18(19(30)16-25)8-9-21-27(5)12-11-22(31)26(3,4)20(27)10-13-28(21,29)6/h8,19-23,31-32H,9-17H2,1-7H3,(H,33,34)/t19?,20?,21?,22?,23?,27-,28+,29-,30-/m0/s1. The molecule has 0 aromatic carbocycles. The van der Waals surface area contributed by atoms with Crippen LogP contribution in [-0.2, 0) is 4.79 Å². The zero-order valence-corrected chi connectivity index (χ0v) is 22.6. The number of aliphatic carboxylic acids is 1. The third-order valence-corrected chi connectivity index (χ3v) is 13.1. The Bertz CT molecular complexity index is 919. The Kier molecular flexibility index (Phi) is 5.20. The van der Waals surface area contributed by atoms with E-state index >= 15 is 0 Å². The van der Waals surface area contributed by atoms with Gasteiger partial charge < -0.3 is 15.3 Å². The van der Waals surface area contributed by atoms with Crippen molar-refractivity contribution in [2.75, 3.05) is 0 Å². The molecule has 4 heteroatoms. The van der Waals surface area contributed by atoms with Crippen LogP contribution in [-0.4, -0.2) is 33.5 Å². The molecule has 0 heterocycles. The minimum atomic E-state index is -0.832. The lowest BCUT2D eigenvalue weighted by atomic mass is 9.33. The summed E-state index contributed by atoms with van der Waals surface area (Å²) in [4.78, 5) is 12.8. The van der Waals surface area contributed by atoms with Crippen molar-refractivity contribution in [2.45, 2.75) is 118 Å². The maximum Gasteiger partial charge on any atom is 0.310 e. The summed E-state index contributed by atoms with van der Waals surface area (Å²) in [6.45, 7) is 16.3. The second-order valence-electron chi connectivity index (χ2n) is 15.1. The number of rotatable bonds is 1. The van der Waals surface area contributed by atoms with Crippen LogP contribution in [0.5, 0.6) is 0 Å². The van der Waals surface area contributed by atoms with Crippen LogP contribution in [0.4, 0.5) is 0 Å². The van der Waals surface area contributed by atoms with Crippen LogP contribution in [0.2, 0.25) is 0 Å². The number of hydrogen-bond donors (Lipinski definition) is 3. The molecular formula is C30H48O4. The van der Waals surface area contributed by atoms with Crippen LogP contribution in [0.1, 0.15) is 106 Å². The summed E-state index contributed by atoms with van der Waals surface area (Å²) in [7, 11) is 0. The smallest absolute Gasteiger partial charge is 0.310 e. The first kappa shape index (κ1) is 24.8. The van der Waals surface area contributed by atoms with E-state index < -0.39 is 22.9 Å². The minimum Gasteiger partial charge on any atom is -0.481 e. The van der Waals surface area contributed by atoms with E-state index in [1.165, 1.54) is 5.57 Å². The van der Waals surface area contributed by atoms with E-state index in [4.69, 9.17) is 0 Å². The normalized spacial score (nSPS) is 53.4. The monoisotopic (exact) mass is 472 g/mol. The van der Waals surface area contributed by atoms with Crippen molar-refractivity contribution in [2.24, 2.45) is 50.2 Å². The summed E-state index contributed by atoms with van der Waals surface area (Å²) >= 11 is 0. The SMILES string of the molecule is CC1(C)CC[C@]2(C(=O)O)CC(O)[C@]3(C)C(=CCC4[C@@]5(C)CCC(O)C(C)(C)C5CC[C@]43C)C2C1. The van der Waals surface area contributed by atoms with Gasteiger partial charge in [-0.2, -0.15) is 0 Å². The Balaban J connectivity index is 1.64. The molecule has 5 aliphatic carbocycles. The van der Waals surface area contributed by atoms with Crippen LogP contribution in [0, 0.1) is 50.2 Å². The third-order valence-electron chi connectivity index (χ3n) is 13.1. The molecule has 0 radical (unpaired) electrons. The first-order chi connectivity index (χ1) is 15.6. The molecule has 0 aromatic rings. The second-order valence-corrected chi connectivity index (χ2v) is 15.1. The van der Waals surface area contributed by atoms with Crippen molar-refractivity contribution in [1.29, 1.82) is 0 Å². The molecule has 5 rings (SSSR count). The quantitative estimate of drug-likeness (QED) is 0.397. The van der Waals surface area contributed by atoms with Crippen molar-refractivity contribution < 1.29 is 20.1 Å². The molecule has 4 fully saturated rings. The Morgan fingerprint density at radius 2 is 1.53 bits per heavy atom. The lowest BCUT2D eigenvalue weighted by Gasteiger charge is -2.72. The Hall–Kier alpha value is -0.870. The van der Waals surface area contributed by atoms with Crippen molar-refractivity contribution in [3.8, 4) is 0 Å². The van der Waals surface area contributed by atoms with Crippen molar-refractivity contribution in [3.63, 3.8) is 0 Å². The van der Waals surface area contributed by atoms with E-state index in [0.717, 1.165) is 44.9 Å². The highest BCUT2D eigenvalue weighted by Gasteiger charge is 2.71. The molecule has 0 bridgehead atoms. The molecular weight excluding hydrogens is 424 g/mol. The Labute approximate surface area is 206 Å². The molecule has 4 saturated carbocycles. The number of allylic oxidation sites excluding steroid dienone is 1. The van der Waals surface area contributed by atoms with Gasteiger partial charge in [-0.1, -0.05) is 60.1 Å². The zero-order chi connectivity index (χ0) is 25.1. The number of fused-ring (bicyclic) bond motifs is 7. The topological polar surface area (TPSA) is 77.8 Å². The van der Waals surface area contributed by atoms with E-state index in [2.05, 4.69) is 54.5 Å². The van der Waals surface area contributed by atoms with Gasteiger partial charge in [-0.25, -0.2) is 0 Å². The van der Waals surface area contributed by atoms with Crippen LogP contribution >= 0.6 is 0 Å². The third kappa shape index (κ3) is 2.82. The summed E-state index contributed by atoms with van der Waals surface area (Å²) in [6, 6.07) is 0. The highest BCUT2D eigenvalue weighted by molar-refractivity contribution is 5.77. The summed E-state index contributed by atoms with van der Waals surface area (Å²) in [5.41, 5.74) is 0.0923. The molecule has 4 nitrogen and oxygen atoms in total. The molecule has 0 spiro atoms. The highest BCUT2D eigenvalue weighted by Crippen LogP contribution is 2.75. The largest absolute Gasteiger partial charge is 0.481 e. The average Bonchev–Trinajstić information content (AvgIpc) is 2.72. The molecule has 34 heavy (non-hydrogen) atoms. The zero-order valence-electron chi connectivity index (χ0n) is 22.6. The van der Waals surface area contributed by atoms with Crippen LogP contribution < -0.4 is 0 Å². The first-order valence-corrected chi connectivity index (χ1v) is 13.9. The predicted molar refractivity (Wildman–Crippen MR) is 134 cm³/mol. The summed E-state index contributed by atoms with van der Waals surface area (Å²) in [5, 5.41) is 33.3. The van der Waals surface area contributed by atoms with Gasteiger partial charge in [-0.3, -0.25) is 4.79 Å². The van der Waals surface area contributed by atoms with Gasteiger partial charge in [0.05, 0.1) is 17.6 Å². The summed E-state index contributed by atoms with van der Waals surface area (Å²) < 4.78 is 0. The molecule has 192 valence electrons. The van der Waals surface area contributed by atoms with Gasteiger partial charge in [0.25, 0.3) is 0 Å². The van der Waals surface area contributed by atoms with Gasteiger partial charge in [0, 0.05) is 5.41 Å². The number of hydrogen-bond acceptors (Lipinski definition) is 3. The molecule has 3 N–H and O–H groups in total. The van der Waals surface area contributed by atoms with Gasteiger partial charge in [-0.05, 0) is 97.2 Å². The number of carboxylic acids is 1. The maximum absolute atomic E-state index is 12.8. The second kappa shape index (κ2) is 7.12. The molecule has 0 amide bonds. The fraction of sp³-hybridized carbons (Fsp3) is 0.900. The minimum absolute atomic E-state index is 0.00933. The molecule has 9 atom stereocenters. The van der Waals surface area contributed by atoms with Crippen molar-refractivity contribution >= 4 is 5.97 Å². The van der Waals surface area contributed by atoms with E-state index in [1.807, 2.05) is 0 Å². The van der Waals surface area contributed by atoms with Crippen molar-refractivity contribution in [3.05, 3.63) is 11.6 Å². The van der Waals surface area contributed by atoms with Gasteiger partial charge in [-0.15, -0.1) is 0 Å². The lowest BCUT2D eigenvalue weighted by Crippen LogP contribution is -2.68. The fourth-order valence-corrected chi connectivity index (χ4v) is 10.7. The highest BCUT2D eigenvalue weighted by atomic mass is 16.4. The molecule has 0 saturated heterocycles. The van der Waals surface area contributed by atoms with E-state index in [-0.39, 0.29) is 33.7 Å². The maximum atomic E-state index is 12.8. The molecule has 0 aromatic heterocycles. The van der Waals surface area contributed by atoms with Gasteiger partial charge >= 0.3 is 5.97 Å². The number of aliphatic hydroxyl groups is 2. The number of carboxylic acid groups (broad SMARTS) is 1. The Morgan fingerprint density at radius 3 is 2.18 bits per heavy atom. The van der Waals surface area contributed by atoms with Gasteiger partial charge in [0.15, 0.2) is 0 Å². The number of carbonyl (C=O) groups is 1. The van der Waals surface area contributed by atoms with Crippen LogP contribution in [0.15, 0.2) is 11.6 Å². The molecule has 5 aliphatic rings. The number of aliphatic hydroxyl groups excluding tert-OH is 2. The first-order valence-electron chi connectivity index (χ1n) is 13.9. The predicted octanol–water partition coefficient (Wildman–Crippen LogP) is 6.20. The summed E-state index contributed by atoms with van der Waals surface area (Å²) in [6.07, 6.45) is 9.33. The van der Waals surface area contributed by atoms with E-state index in [9.17, 15) is 20.1 Å². The molecule has 0 aliphatic heterocycles. The average molecular weight is 473 g/mol.